The van der Waals surface area contributed by atoms with E-state index >= 15 is 0 Å². The van der Waals surface area contributed by atoms with Crippen molar-refractivity contribution in [2.24, 2.45) is 0 Å². The molecule has 0 bridgehead atoms. The Kier molecular flexibility index (Phi) is 4.02. The van der Waals surface area contributed by atoms with Crippen molar-refractivity contribution >= 4 is 11.9 Å². The normalized spacial score (nSPS) is 18.0. The number of amides is 1. The number of ether oxygens (including phenoxy) is 1. The lowest BCUT2D eigenvalue weighted by Gasteiger charge is -2.32. The van der Waals surface area contributed by atoms with E-state index in [9.17, 15) is 14.0 Å². The van der Waals surface area contributed by atoms with Gasteiger partial charge in [0.05, 0.1) is 25.1 Å². The lowest BCUT2D eigenvalue weighted by Crippen LogP contribution is -2.52. The van der Waals surface area contributed by atoms with Crippen molar-refractivity contribution in [2.75, 3.05) is 19.8 Å². The van der Waals surface area contributed by atoms with Gasteiger partial charge in [-0.25, -0.2) is 13.9 Å². The highest BCUT2D eigenvalue weighted by Gasteiger charge is 2.34. The first kappa shape index (κ1) is 15.1. The zero-order valence-corrected chi connectivity index (χ0v) is 11.9. The first-order valence-electron chi connectivity index (χ1n) is 6.86. The number of aliphatic carboxylic acids is 1. The number of rotatable bonds is 3. The molecule has 1 aliphatic heterocycles. The van der Waals surface area contributed by atoms with E-state index in [-0.39, 0.29) is 31.3 Å². The number of hydrogen-bond acceptors (Lipinski definition) is 5. The zero-order chi connectivity index (χ0) is 16.4. The number of carbonyl (C=O) groups excluding carboxylic acids is 1. The molecule has 1 N–H and O–H groups in total. The Labute approximate surface area is 130 Å². The van der Waals surface area contributed by atoms with Crippen LogP contribution < -0.4 is 0 Å². The van der Waals surface area contributed by atoms with E-state index in [0.717, 1.165) is 0 Å². The van der Waals surface area contributed by atoms with E-state index in [0.29, 0.717) is 5.69 Å². The third-order valence-corrected chi connectivity index (χ3v) is 3.48. The van der Waals surface area contributed by atoms with Gasteiger partial charge in [-0.2, -0.15) is 0 Å². The minimum absolute atomic E-state index is 0.0162. The fourth-order valence-electron chi connectivity index (χ4n) is 2.28. The Bertz CT molecular complexity index is 731. The Balaban J connectivity index is 1.83. The number of halogens is 1. The van der Waals surface area contributed by atoms with Crippen LogP contribution in [0.1, 0.15) is 10.5 Å². The van der Waals surface area contributed by atoms with Crippen LogP contribution in [0.25, 0.3) is 5.69 Å². The lowest BCUT2D eigenvalue weighted by molar-refractivity contribution is -0.147. The van der Waals surface area contributed by atoms with Crippen LogP contribution in [0.15, 0.2) is 30.5 Å². The van der Waals surface area contributed by atoms with Gasteiger partial charge in [0.25, 0.3) is 5.91 Å². The van der Waals surface area contributed by atoms with Gasteiger partial charge in [0.15, 0.2) is 11.7 Å². The molecule has 0 aliphatic carbocycles. The minimum Gasteiger partial charge on any atom is -0.480 e. The van der Waals surface area contributed by atoms with E-state index in [2.05, 4.69) is 10.3 Å². The Morgan fingerprint density at radius 3 is 2.74 bits per heavy atom. The summed E-state index contributed by atoms with van der Waals surface area (Å²) in [4.78, 5) is 24.9. The van der Waals surface area contributed by atoms with Gasteiger partial charge < -0.3 is 14.7 Å². The topological polar surface area (TPSA) is 97.6 Å². The molecule has 1 saturated heterocycles. The fraction of sp³-hybridized carbons (Fsp3) is 0.286. The van der Waals surface area contributed by atoms with Crippen LogP contribution in [0.2, 0.25) is 0 Å². The van der Waals surface area contributed by atoms with Crippen molar-refractivity contribution in [2.45, 2.75) is 6.04 Å². The van der Waals surface area contributed by atoms with Crippen molar-refractivity contribution in [3.63, 3.8) is 0 Å². The number of carboxylic acids is 1. The van der Waals surface area contributed by atoms with Crippen molar-refractivity contribution in [1.82, 2.24) is 19.9 Å². The molecule has 1 atom stereocenters. The number of carboxylic acid groups (broad SMARTS) is 1. The number of nitrogens with zero attached hydrogens (tertiary/aromatic N) is 4. The van der Waals surface area contributed by atoms with Gasteiger partial charge in [0, 0.05) is 6.54 Å². The highest BCUT2D eigenvalue weighted by Crippen LogP contribution is 2.13. The fourth-order valence-corrected chi connectivity index (χ4v) is 2.28. The standard InChI is InChI=1S/C14H13FN4O4/c15-9-1-3-10(4-2-9)19-7-11(16-17-19)13(20)18-5-6-23-8-12(18)14(21)22/h1-4,7,12H,5-6,8H2,(H,21,22)/t12-/m0/s1. The monoisotopic (exact) mass is 320 g/mol. The van der Waals surface area contributed by atoms with Gasteiger partial charge in [0.2, 0.25) is 0 Å². The third kappa shape index (κ3) is 3.04. The molecule has 8 nitrogen and oxygen atoms in total. The maximum Gasteiger partial charge on any atom is 0.328 e. The molecule has 2 aromatic rings. The zero-order valence-electron chi connectivity index (χ0n) is 11.9. The summed E-state index contributed by atoms with van der Waals surface area (Å²) in [7, 11) is 0. The molecule has 1 aromatic heterocycles. The summed E-state index contributed by atoms with van der Waals surface area (Å²) in [5.74, 6) is -2.05. The van der Waals surface area contributed by atoms with Crippen LogP contribution in [-0.4, -0.2) is 62.7 Å². The minimum atomic E-state index is -1.14. The molecule has 1 amide bonds. The first-order valence-corrected chi connectivity index (χ1v) is 6.86. The van der Waals surface area contributed by atoms with Crippen LogP contribution in [0, 0.1) is 5.82 Å². The molecule has 23 heavy (non-hydrogen) atoms. The summed E-state index contributed by atoms with van der Waals surface area (Å²) >= 11 is 0. The van der Waals surface area contributed by atoms with E-state index in [1.165, 1.54) is 40.0 Å². The molecule has 3 rings (SSSR count). The van der Waals surface area contributed by atoms with Gasteiger partial charge in [-0.15, -0.1) is 5.10 Å². The van der Waals surface area contributed by atoms with Gasteiger partial charge in [-0.05, 0) is 24.3 Å². The van der Waals surface area contributed by atoms with Crippen molar-refractivity contribution in [1.29, 1.82) is 0 Å². The molecule has 2 heterocycles. The summed E-state index contributed by atoms with van der Waals surface area (Å²) < 4.78 is 19.3. The molecule has 120 valence electrons. The molecule has 0 radical (unpaired) electrons. The van der Waals surface area contributed by atoms with Crippen LogP contribution in [0.5, 0.6) is 0 Å². The van der Waals surface area contributed by atoms with Gasteiger partial charge in [-0.3, -0.25) is 4.79 Å². The number of aromatic nitrogens is 3. The first-order chi connectivity index (χ1) is 11.1. The predicted molar refractivity (Wildman–Crippen MR) is 74.6 cm³/mol. The molecule has 1 aromatic carbocycles. The number of carbonyl (C=O) groups is 2. The second kappa shape index (κ2) is 6.13. The SMILES string of the molecule is O=C(O)[C@@H]1COCCN1C(=O)c1cn(-c2ccc(F)cc2)nn1. The average Bonchev–Trinajstić information content (AvgIpc) is 3.04. The quantitative estimate of drug-likeness (QED) is 0.875. The summed E-state index contributed by atoms with van der Waals surface area (Å²) in [5.41, 5.74) is 0.553. The molecule has 9 heteroatoms. The predicted octanol–water partition coefficient (Wildman–Crippen LogP) is 0.332. The average molecular weight is 320 g/mol. The van der Waals surface area contributed by atoms with E-state index in [4.69, 9.17) is 9.84 Å². The largest absolute Gasteiger partial charge is 0.480 e. The maximum absolute atomic E-state index is 12.9. The van der Waals surface area contributed by atoms with Gasteiger partial charge >= 0.3 is 5.97 Å². The van der Waals surface area contributed by atoms with E-state index in [1.807, 2.05) is 0 Å². The molecule has 0 unspecified atom stereocenters. The number of hydrogen-bond donors (Lipinski definition) is 1. The molecule has 0 saturated carbocycles. The van der Waals surface area contributed by atoms with E-state index < -0.39 is 17.9 Å². The summed E-state index contributed by atoms with van der Waals surface area (Å²) in [6, 6.07) is 4.47. The lowest BCUT2D eigenvalue weighted by atomic mass is 10.2. The van der Waals surface area contributed by atoms with Crippen LogP contribution >= 0.6 is 0 Å². The van der Waals surface area contributed by atoms with Gasteiger partial charge in [-0.1, -0.05) is 5.21 Å². The summed E-state index contributed by atoms with van der Waals surface area (Å²) in [5, 5.41) is 16.8. The molecular formula is C14H13FN4O4. The van der Waals surface area contributed by atoms with Crippen molar-refractivity contribution in [3.8, 4) is 5.69 Å². The summed E-state index contributed by atoms with van der Waals surface area (Å²) in [6.45, 7) is 0.369. The maximum atomic E-state index is 12.9. The molecule has 0 spiro atoms. The molecular weight excluding hydrogens is 307 g/mol. The smallest absolute Gasteiger partial charge is 0.328 e. The second-order valence-electron chi connectivity index (χ2n) is 4.95. The number of benzene rings is 1. The summed E-state index contributed by atoms with van der Waals surface area (Å²) in [6.07, 6.45) is 1.38. The highest BCUT2D eigenvalue weighted by atomic mass is 19.1. The Hall–Kier alpha value is -2.81. The van der Waals surface area contributed by atoms with Crippen molar-refractivity contribution in [3.05, 3.63) is 42.0 Å². The van der Waals surface area contributed by atoms with Crippen LogP contribution in [0.3, 0.4) is 0 Å². The van der Waals surface area contributed by atoms with Crippen molar-refractivity contribution < 1.29 is 23.8 Å². The molecule has 1 fully saturated rings. The van der Waals surface area contributed by atoms with E-state index in [1.54, 1.807) is 0 Å². The highest BCUT2D eigenvalue weighted by molar-refractivity contribution is 5.95. The third-order valence-electron chi connectivity index (χ3n) is 3.48. The second-order valence-corrected chi connectivity index (χ2v) is 4.95. The Morgan fingerprint density at radius 1 is 1.30 bits per heavy atom. The van der Waals surface area contributed by atoms with Gasteiger partial charge in [0.1, 0.15) is 5.82 Å². The van der Waals surface area contributed by atoms with Crippen LogP contribution in [0.4, 0.5) is 4.39 Å². The molecule has 1 aliphatic rings. The number of morpholine rings is 1. The Morgan fingerprint density at radius 2 is 2.04 bits per heavy atom. The van der Waals surface area contributed by atoms with Crippen LogP contribution in [-0.2, 0) is 9.53 Å².